The molecule has 7 nitrogen and oxygen atoms in total. The first-order chi connectivity index (χ1) is 15.8. The van der Waals surface area contributed by atoms with Crippen molar-refractivity contribution in [2.24, 2.45) is 5.41 Å². The highest BCUT2D eigenvalue weighted by Crippen LogP contribution is 2.39. The van der Waals surface area contributed by atoms with Crippen molar-refractivity contribution in [1.82, 2.24) is 16.0 Å². The van der Waals surface area contributed by atoms with Crippen LogP contribution in [0.5, 0.6) is 0 Å². The van der Waals surface area contributed by atoms with Gasteiger partial charge in [-0.1, -0.05) is 20.8 Å². The van der Waals surface area contributed by atoms with Crippen molar-refractivity contribution in [2.45, 2.75) is 102 Å². The lowest BCUT2D eigenvalue weighted by molar-refractivity contribution is -0.130. The maximum absolute atomic E-state index is 12.7. The zero-order chi connectivity index (χ0) is 25.8. The minimum atomic E-state index is -0.766. The average Bonchev–Trinajstić information content (AvgIpc) is 2.71. The number of aldehydes is 1. The molecule has 3 N–H and O–H groups in total. The largest absolute Gasteiger partial charge is 0.353 e. The molecule has 0 saturated heterocycles. The van der Waals surface area contributed by atoms with Crippen LogP contribution in [-0.4, -0.2) is 70.6 Å². The van der Waals surface area contributed by atoms with E-state index in [1.54, 1.807) is 0 Å². The second kappa shape index (κ2) is 15.1. The van der Waals surface area contributed by atoms with Gasteiger partial charge in [0.05, 0.1) is 0 Å². The molecule has 1 rings (SSSR count). The standard InChI is InChI=1S/C25H45N3O4S2/c1-24(2,3)21(30)12-9-18(28-22(31)8-7-15-29)23(32)26-13-16-33-19-10-11-20(19)34-17-14-27-25(4,5)6/h15,18-20,27H,7-14,16-17H2,1-6H3,(H,26,32)(H,28,31)/t18-,19?,20?/m1/s1. The highest BCUT2D eigenvalue weighted by atomic mass is 32.2. The Hall–Kier alpha value is -1.06. The molecule has 1 aliphatic carbocycles. The van der Waals surface area contributed by atoms with E-state index in [4.69, 9.17) is 0 Å². The zero-order valence-electron chi connectivity index (χ0n) is 21.8. The molecule has 196 valence electrons. The third-order valence-electron chi connectivity index (χ3n) is 5.61. The molecule has 2 unspecified atom stereocenters. The molecule has 0 aromatic heterocycles. The molecule has 0 bridgehead atoms. The van der Waals surface area contributed by atoms with Gasteiger partial charge in [-0.05, 0) is 40.0 Å². The Morgan fingerprint density at radius 1 is 0.941 bits per heavy atom. The van der Waals surface area contributed by atoms with Crippen LogP contribution < -0.4 is 16.0 Å². The molecule has 1 saturated carbocycles. The topological polar surface area (TPSA) is 104 Å². The summed E-state index contributed by atoms with van der Waals surface area (Å²) in [7, 11) is 0. The fourth-order valence-electron chi connectivity index (χ4n) is 3.34. The van der Waals surface area contributed by atoms with Crippen molar-refractivity contribution in [3.05, 3.63) is 0 Å². The normalized spacial score (nSPS) is 19.1. The first-order valence-corrected chi connectivity index (χ1v) is 14.5. The molecule has 0 spiro atoms. The van der Waals surface area contributed by atoms with Gasteiger partial charge in [0, 0.05) is 65.3 Å². The van der Waals surface area contributed by atoms with Crippen LogP contribution in [0.3, 0.4) is 0 Å². The van der Waals surface area contributed by atoms with E-state index >= 15 is 0 Å². The summed E-state index contributed by atoms with van der Waals surface area (Å²) in [5, 5.41) is 10.4. The first-order valence-electron chi connectivity index (χ1n) is 12.4. The maximum Gasteiger partial charge on any atom is 0.242 e. The predicted octanol–water partition coefficient (Wildman–Crippen LogP) is 3.35. The number of hydrogen-bond acceptors (Lipinski definition) is 7. The summed E-state index contributed by atoms with van der Waals surface area (Å²) in [6.07, 6.45) is 3.78. The molecule has 9 heteroatoms. The quantitative estimate of drug-likeness (QED) is 0.214. The van der Waals surface area contributed by atoms with Gasteiger partial charge in [-0.3, -0.25) is 14.4 Å². The molecule has 34 heavy (non-hydrogen) atoms. The van der Waals surface area contributed by atoms with Crippen molar-refractivity contribution in [3.8, 4) is 0 Å². The number of carbonyl (C=O) groups is 4. The summed E-state index contributed by atoms with van der Waals surface area (Å²) in [5.41, 5.74) is -0.336. The molecule has 0 aromatic carbocycles. The highest BCUT2D eigenvalue weighted by Gasteiger charge is 2.31. The Bertz CT molecular complexity index is 674. The Labute approximate surface area is 214 Å². The lowest BCUT2D eigenvalue weighted by Gasteiger charge is -2.36. The summed E-state index contributed by atoms with van der Waals surface area (Å²) in [6, 6.07) is -0.766. The van der Waals surface area contributed by atoms with Crippen molar-refractivity contribution in [3.63, 3.8) is 0 Å². The molecule has 1 aliphatic rings. The summed E-state index contributed by atoms with van der Waals surface area (Å²) >= 11 is 3.93. The smallest absolute Gasteiger partial charge is 0.242 e. The SMILES string of the molecule is CC(C)(C)NCCSC1CCC1SCCNC(=O)[C@@H](CCC(=O)C(C)(C)C)NC(=O)CCC=O. The molecule has 1 fully saturated rings. The van der Waals surface area contributed by atoms with E-state index in [0.717, 1.165) is 18.1 Å². The van der Waals surface area contributed by atoms with Gasteiger partial charge < -0.3 is 20.7 Å². The number of ketones is 1. The third-order valence-corrected chi connectivity index (χ3v) is 8.65. The number of hydrogen-bond donors (Lipinski definition) is 3. The van der Waals surface area contributed by atoms with E-state index in [2.05, 4.69) is 36.7 Å². The maximum atomic E-state index is 12.7. The number of thioether (sulfide) groups is 2. The van der Waals surface area contributed by atoms with Crippen LogP contribution in [0.1, 0.15) is 80.1 Å². The molecular formula is C25H45N3O4S2. The van der Waals surface area contributed by atoms with Crippen LogP contribution in [0.2, 0.25) is 0 Å². The zero-order valence-corrected chi connectivity index (χ0v) is 23.5. The minimum absolute atomic E-state index is 0.0440. The van der Waals surface area contributed by atoms with Crippen molar-refractivity contribution < 1.29 is 19.2 Å². The average molecular weight is 516 g/mol. The molecule has 0 aliphatic heterocycles. The number of nitrogens with one attached hydrogen (secondary N) is 3. The van der Waals surface area contributed by atoms with E-state index in [9.17, 15) is 19.2 Å². The second-order valence-corrected chi connectivity index (χ2v) is 13.6. The molecule has 3 atom stereocenters. The summed E-state index contributed by atoms with van der Waals surface area (Å²) in [5.74, 6) is 1.36. The fraction of sp³-hybridized carbons (Fsp3) is 0.840. The van der Waals surface area contributed by atoms with Gasteiger partial charge in [-0.15, -0.1) is 0 Å². The molecule has 0 heterocycles. The number of carbonyl (C=O) groups excluding carboxylic acids is 4. The molecular weight excluding hydrogens is 470 g/mol. The van der Waals surface area contributed by atoms with Crippen LogP contribution in [0.4, 0.5) is 0 Å². The van der Waals surface area contributed by atoms with Crippen molar-refractivity contribution in [2.75, 3.05) is 24.6 Å². The Morgan fingerprint density at radius 2 is 1.53 bits per heavy atom. The van der Waals surface area contributed by atoms with Gasteiger partial charge in [-0.2, -0.15) is 23.5 Å². The van der Waals surface area contributed by atoms with E-state index in [-0.39, 0.29) is 48.8 Å². The van der Waals surface area contributed by atoms with Gasteiger partial charge in [0.15, 0.2) is 0 Å². The van der Waals surface area contributed by atoms with Crippen LogP contribution >= 0.6 is 23.5 Å². The van der Waals surface area contributed by atoms with E-state index in [1.165, 1.54) is 12.8 Å². The Balaban J connectivity index is 2.40. The van der Waals surface area contributed by atoms with E-state index in [1.807, 2.05) is 44.3 Å². The minimum Gasteiger partial charge on any atom is -0.353 e. The monoisotopic (exact) mass is 515 g/mol. The van der Waals surface area contributed by atoms with Gasteiger partial charge in [0.25, 0.3) is 0 Å². The van der Waals surface area contributed by atoms with Crippen molar-refractivity contribution >= 4 is 47.4 Å². The molecule has 2 amide bonds. The van der Waals surface area contributed by atoms with Gasteiger partial charge in [0.2, 0.25) is 11.8 Å². The first kappa shape index (κ1) is 31.0. The third kappa shape index (κ3) is 13.1. The lowest BCUT2D eigenvalue weighted by Crippen LogP contribution is -2.47. The summed E-state index contributed by atoms with van der Waals surface area (Å²) in [4.78, 5) is 47.6. The van der Waals surface area contributed by atoms with Crippen LogP contribution in [0, 0.1) is 5.41 Å². The Morgan fingerprint density at radius 3 is 2.03 bits per heavy atom. The Kier molecular flexibility index (Phi) is 13.8. The number of rotatable bonds is 16. The second-order valence-electron chi connectivity index (χ2n) is 10.9. The van der Waals surface area contributed by atoms with Gasteiger partial charge in [-0.25, -0.2) is 0 Å². The van der Waals surface area contributed by atoms with Crippen LogP contribution in [0.25, 0.3) is 0 Å². The van der Waals surface area contributed by atoms with Crippen LogP contribution in [-0.2, 0) is 19.2 Å². The van der Waals surface area contributed by atoms with Gasteiger partial charge in [0.1, 0.15) is 18.1 Å². The van der Waals surface area contributed by atoms with Gasteiger partial charge >= 0.3 is 0 Å². The predicted molar refractivity (Wildman–Crippen MR) is 143 cm³/mol. The fourth-order valence-corrected chi connectivity index (χ4v) is 6.16. The molecule has 0 aromatic rings. The van der Waals surface area contributed by atoms with E-state index < -0.39 is 11.5 Å². The number of amides is 2. The number of Topliss-reactive ketones (excluding diaryl/α,β-unsaturated/α-hetero) is 1. The van der Waals surface area contributed by atoms with E-state index in [0.29, 0.717) is 23.3 Å². The van der Waals surface area contributed by atoms with Crippen LogP contribution in [0.15, 0.2) is 0 Å². The molecule has 0 radical (unpaired) electrons. The van der Waals surface area contributed by atoms with Crippen molar-refractivity contribution in [1.29, 1.82) is 0 Å². The highest BCUT2D eigenvalue weighted by molar-refractivity contribution is 8.04. The summed E-state index contributed by atoms with van der Waals surface area (Å²) < 4.78 is 0. The summed E-state index contributed by atoms with van der Waals surface area (Å²) in [6.45, 7) is 13.6. The lowest BCUT2D eigenvalue weighted by atomic mass is 9.87.